The molecule has 2 aromatic carbocycles. The maximum absolute atomic E-state index is 12.5. The molecular formula is C15H10Cl2O2. The van der Waals surface area contributed by atoms with E-state index in [9.17, 15) is 4.79 Å². The van der Waals surface area contributed by atoms with Crippen LogP contribution in [0.25, 0.3) is 0 Å². The van der Waals surface area contributed by atoms with Crippen molar-refractivity contribution < 1.29 is 9.53 Å². The number of fused-ring (bicyclic) bond motifs is 1. The van der Waals surface area contributed by atoms with E-state index in [1.54, 1.807) is 24.3 Å². The number of hydrogen-bond donors (Lipinski definition) is 0. The van der Waals surface area contributed by atoms with Crippen LogP contribution in [0.3, 0.4) is 0 Å². The van der Waals surface area contributed by atoms with E-state index in [-0.39, 0.29) is 5.78 Å². The molecule has 1 heterocycles. The van der Waals surface area contributed by atoms with Gasteiger partial charge in [0.1, 0.15) is 5.75 Å². The van der Waals surface area contributed by atoms with Crippen molar-refractivity contribution in [2.24, 2.45) is 0 Å². The van der Waals surface area contributed by atoms with Gasteiger partial charge in [-0.05, 0) is 35.9 Å². The number of benzene rings is 2. The summed E-state index contributed by atoms with van der Waals surface area (Å²) in [7, 11) is 0. The van der Waals surface area contributed by atoms with E-state index in [0.717, 1.165) is 17.7 Å². The number of carbonyl (C=O) groups is 1. The molecular weight excluding hydrogens is 283 g/mol. The van der Waals surface area contributed by atoms with Crippen LogP contribution in [0.4, 0.5) is 0 Å². The Bertz CT molecular complexity index is 645. The molecule has 0 atom stereocenters. The second-order valence-corrected chi connectivity index (χ2v) is 5.16. The van der Waals surface area contributed by atoms with Gasteiger partial charge in [-0.2, -0.15) is 0 Å². The van der Waals surface area contributed by atoms with Crippen LogP contribution < -0.4 is 4.74 Å². The molecule has 0 aliphatic carbocycles. The Hall–Kier alpha value is -1.51. The molecule has 0 saturated carbocycles. The lowest BCUT2D eigenvalue weighted by Gasteiger charge is -2.07. The minimum Gasteiger partial charge on any atom is -0.493 e. The summed E-state index contributed by atoms with van der Waals surface area (Å²) in [5.41, 5.74) is 1.98. The van der Waals surface area contributed by atoms with Crippen LogP contribution in [-0.4, -0.2) is 12.4 Å². The first-order chi connectivity index (χ1) is 9.16. The summed E-state index contributed by atoms with van der Waals surface area (Å²) in [6.07, 6.45) is 0.826. The van der Waals surface area contributed by atoms with E-state index in [1.165, 1.54) is 0 Å². The minimum atomic E-state index is -0.162. The summed E-state index contributed by atoms with van der Waals surface area (Å²) in [5, 5.41) is 0.739. The highest BCUT2D eigenvalue weighted by atomic mass is 35.5. The Kier molecular flexibility index (Phi) is 3.21. The summed E-state index contributed by atoms with van der Waals surface area (Å²) in [6, 6.07) is 10.5. The lowest BCUT2D eigenvalue weighted by molar-refractivity contribution is 0.103. The second kappa shape index (κ2) is 4.87. The van der Waals surface area contributed by atoms with Crippen molar-refractivity contribution in [3.63, 3.8) is 0 Å². The number of ether oxygens (including phenoxy) is 1. The van der Waals surface area contributed by atoms with Gasteiger partial charge < -0.3 is 4.74 Å². The number of rotatable bonds is 2. The number of carbonyl (C=O) groups excluding carboxylic acids is 1. The first kappa shape index (κ1) is 12.5. The second-order valence-electron chi connectivity index (χ2n) is 4.35. The fraction of sp³-hybridized carbons (Fsp3) is 0.133. The van der Waals surface area contributed by atoms with Crippen LogP contribution in [0, 0.1) is 0 Å². The van der Waals surface area contributed by atoms with E-state index in [4.69, 9.17) is 27.9 Å². The third-order valence-corrected chi connectivity index (χ3v) is 3.77. The average Bonchev–Trinajstić information content (AvgIpc) is 2.85. The van der Waals surface area contributed by atoms with Crippen molar-refractivity contribution >= 4 is 29.0 Å². The zero-order valence-electron chi connectivity index (χ0n) is 9.95. The molecule has 0 fully saturated rings. The Balaban J connectivity index is 2.05. The molecule has 0 saturated heterocycles. The van der Waals surface area contributed by atoms with Gasteiger partial charge in [0, 0.05) is 12.0 Å². The molecule has 1 aliphatic heterocycles. The molecule has 2 nitrogen and oxygen atoms in total. The predicted molar refractivity (Wildman–Crippen MR) is 75.5 cm³/mol. The quantitative estimate of drug-likeness (QED) is 0.777. The van der Waals surface area contributed by atoms with Crippen LogP contribution >= 0.6 is 23.2 Å². The van der Waals surface area contributed by atoms with Crippen molar-refractivity contribution in [3.8, 4) is 5.75 Å². The molecule has 4 heteroatoms. The summed E-state index contributed by atoms with van der Waals surface area (Å²) >= 11 is 12.1. The van der Waals surface area contributed by atoms with Crippen LogP contribution in [0.1, 0.15) is 21.5 Å². The zero-order valence-corrected chi connectivity index (χ0v) is 11.5. The third kappa shape index (κ3) is 2.22. The molecule has 3 rings (SSSR count). The smallest absolute Gasteiger partial charge is 0.196 e. The molecule has 0 amide bonds. The highest BCUT2D eigenvalue weighted by Gasteiger charge is 2.19. The fourth-order valence-electron chi connectivity index (χ4n) is 2.19. The van der Waals surface area contributed by atoms with Crippen molar-refractivity contribution in [2.75, 3.05) is 6.61 Å². The molecule has 0 unspecified atom stereocenters. The average molecular weight is 293 g/mol. The number of halogens is 2. The Morgan fingerprint density at radius 3 is 2.58 bits per heavy atom. The van der Waals surface area contributed by atoms with Crippen LogP contribution in [0.2, 0.25) is 10.0 Å². The van der Waals surface area contributed by atoms with Crippen LogP contribution in [0.15, 0.2) is 36.4 Å². The molecule has 0 spiro atoms. The zero-order chi connectivity index (χ0) is 13.4. The molecule has 2 aromatic rings. The van der Waals surface area contributed by atoms with Gasteiger partial charge in [-0.15, -0.1) is 0 Å². The van der Waals surface area contributed by atoms with Crippen LogP contribution in [0.5, 0.6) is 5.75 Å². The summed E-state index contributed by atoms with van der Waals surface area (Å²) in [4.78, 5) is 12.5. The Labute approximate surface area is 120 Å². The van der Waals surface area contributed by atoms with E-state index in [1.807, 2.05) is 12.1 Å². The molecule has 19 heavy (non-hydrogen) atoms. The Morgan fingerprint density at radius 2 is 1.84 bits per heavy atom. The molecule has 0 aromatic heterocycles. The molecule has 0 bridgehead atoms. The topological polar surface area (TPSA) is 26.3 Å². The number of ketones is 1. The van der Waals surface area contributed by atoms with Crippen LogP contribution in [-0.2, 0) is 6.42 Å². The largest absolute Gasteiger partial charge is 0.493 e. The first-order valence-electron chi connectivity index (χ1n) is 5.91. The highest BCUT2D eigenvalue weighted by molar-refractivity contribution is 6.41. The maximum atomic E-state index is 12.5. The van der Waals surface area contributed by atoms with Gasteiger partial charge in [0.25, 0.3) is 0 Å². The standard InChI is InChI=1S/C15H10Cl2O2/c16-11-2-1-3-12(17)14(11)15(18)10-4-5-13-9(8-10)6-7-19-13/h1-5,8H,6-7H2. The van der Waals surface area contributed by atoms with Gasteiger partial charge in [-0.1, -0.05) is 29.3 Å². The predicted octanol–water partition coefficient (Wildman–Crippen LogP) is 4.16. The van der Waals surface area contributed by atoms with Gasteiger partial charge in [0.15, 0.2) is 5.78 Å². The molecule has 1 aliphatic rings. The lowest BCUT2D eigenvalue weighted by Crippen LogP contribution is -2.03. The van der Waals surface area contributed by atoms with Crippen molar-refractivity contribution in [1.29, 1.82) is 0 Å². The third-order valence-electron chi connectivity index (χ3n) is 3.14. The van der Waals surface area contributed by atoms with Crippen molar-refractivity contribution in [2.45, 2.75) is 6.42 Å². The van der Waals surface area contributed by atoms with E-state index < -0.39 is 0 Å². The number of hydrogen-bond acceptors (Lipinski definition) is 2. The van der Waals surface area contributed by atoms with E-state index >= 15 is 0 Å². The summed E-state index contributed by atoms with van der Waals surface area (Å²) in [6.45, 7) is 0.666. The minimum absolute atomic E-state index is 0.162. The molecule has 0 radical (unpaired) electrons. The van der Waals surface area contributed by atoms with Gasteiger partial charge >= 0.3 is 0 Å². The lowest BCUT2D eigenvalue weighted by atomic mass is 10.0. The van der Waals surface area contributed by atoms with Gasteiger partial charge in [-0.25, -0.2) is 0 Å². The first-order valence-corrected chi connectivity index (χ1v) is 6.67. The fourth-order valence-corrected chi connectivity index (χ4v) is 2.76. The van der Waals surface area contributed by atoms with Crippen molar-refractivity contribution in [3.05, 3.63) is 63.1 Å². The van der Waals surface area contributed by atoms with Gasteiger partial charge in [0.05, 0.1) is 22.2 Å². The van der Waals surface area contributed by atoms with Gasteiger partial charge in [0.2, 0.25) is 0 Å². The normalized spacial score (nSPS) is 12.9. The van der Waals surface area contributed by atoms with E-state index in [2.05, 4.69) is 0 Å². The molecule has 96 valence electrons. The SMILES string of the molecule is O=C(c1ccc2c(c1)CCO2)c1c(Cl)cccc1Cl. The maximum Gasteiger partial charge on any atom is 0.196 e. The monoisotopic (exact) mass is 292 g/mol. The van der Waals surface area contributed by atoms with E-state index in [0.29, 0.717) is 27.8 Å². The highest BCUT2D eigenvalue weighted by Crippen LogP contribution is 2.30. The molecule has 0 N–H and O–H groups in total. The van der Waals surface area contributed by atoms with Crippen molar-refractivity contribution in [1.82, 2.24) is 0 Å². The van der Waals surface area contributed by atoms with Gasteiger partial charge in [-0.3, -0.25) is 4.79 Å². The Morgan fingerprint density at radius 1 is 1.11 bits per heavy atom. The summed E-state index contributed by atoms with van der Waals surface area (Å²) in [5.74, 6) is 0.687. The summed E-state index contributed by atoms with van der Waals surface area (Å²) < 4.78 is 5.42.